The van der Waals surface area contributed by atoms with Crippen LogP contribution in [-0.2, 0) is 9.53 Å². The molecule has 1 atom stereocenters. The fourth-order valence-corrected chi connectivity index (χ4v) is 4.42. The third-order valence-corrected chi connectivity index (χ3v) is 5.94. The van der Waals surface area contributed by atoms with E-state index in [2.05, 4.69) is 45.9 Å². The number of rotatable bonds is 5. The first-order chi connectivity index (χ1) is 13.7. The first kappa shape index (κ1) is 21.1. The topological polar surface area (TPSA) is 79.3 Å². The van der Waals surface area contributed by atoms with E-state index < -0.39 is 5.92 Å². The van der Waals surface area contributed by atoms with Crippen molar-refractivity contribution in [3.63, 3.8) is 0 Å². The van der Waals surface area contributed by atoms with Crippen molar-refractivity contribution in [3.05, 3.63) is 58.1 Å². The third kappa shape index (κ3) is 3.95. The Balaban J connectivity index is 2.17. The summed E-state index contributed by atoms with van der Waals surface area (Å²) in [6, 6.07) is 10.5. The van der Waals surface area contributed by atoms with Crippen LogP contribution in [0.2, 0.25) is 0 Å². The second-order valence-electron chi connectivity index (χ2n) is 9.11. The zero-order valence-electron chi connectivity index (χ0n) is 18.1. The highest BCUT2D eigenvalue weighted by Crippen LogP contribution is 2.48. The molecule has 3 rings (SSSR count). The van der Waals surface area contributed by atoms with Crippen LogP contribution in [0.1, 0.15) is 63.5 Å². The number of hydrogen-bond acceptors (Lipinski definition) is 5. The van der Waals surface area contributed by atoms with Gasteiger partial charge >= 0.3 is 0 Å². The van der Waals surface area contributed by atoms with Gasteiger partial charge in [-0.05, 0) is 28.9 Å². The Hall–Kier alpha value is -2.58. The van der Waals surface area contributed by atoms with E-state index in [1.54, 1.807) is 7.11 Å². The summed E-state index contributed by atoms with van der Waals surface area (Å²) in [5, 5.41) is 9.98. The Morgan fingerprint density at radius 1 is 1.28 bits per heavy atom. The van der Waals surface area contributed by atoms with Gasteiger partial charge in [0.05, 0.1) is 24.2 Å². The monoisotopic (exact) mass is 393 g/mol. The number of methoxy groups -OCH3 is 1. The molecule has 0 radical (unpaired) electrons. The second-order valence-corrected chi connectivity index (χ2v) is 9.11. The molecule has 0 amide bonds. The molecule has 0 aromatic heterocycles. The van der Waals surface area contributed by atoms with E-state index in [1.165, 1.54) is 5.56 Å². The van der Waals surface area contributed by atoms with Gasteiger partial charge in [0, 0.05) is 31.3 Å². The molecule has 1 aliphatic carbocycles. The van der Waals surface area contributed by atoms with E-state index in [1.807, 2.05) is 17.0 Å². The maximum Gasteiger partial charge on any atom is 0.162 e. The number of allylic oxidation sites excluding steroid dienone is 3. The molecule has 1 heterocycles. The predicted molar refractivity (Wildman–Crippen MR) is 114 cm³/mol. The first-order valence-corrected chi connectivity index (χ1v) is 10.2. The normalized spacial score (nSPS) is 21.5. The van der Waals surface area contributed by atoms with E-state index in [-0.39, 0.29) is 11.2 Å². The number of benzene rings is 1. The summed E-state index contributed by atoms with van der Waals surface area (Å²) in [5.41, 5.74) is 10.7. The molecular formula is C24H31N3O2. The van der Waals surface area contributed by atoms with Crippen molar-refractivity contribution in [1.29, 1.82) is 5.26 Å². The lowest BCUT2D eigenvalue weighted by atomic mass is 9.68. The fourth-order valence-electron chi connectivity index (χ4n) is 4.42. The van der Waals surface area contributed by atoms with Gasteiger partial charge in [0.15, 0.2) is 5.78 Å². The zero-order valence-corrected chi connectivity index (χ0v) is 18.1. The van der Waals surface area contributed by atoms with Gasteiger partial charge in [-0.15, -0.1) is 0 Å². The van der Waals surface area contributed by atoms with E-state index in [4.69, 9.17) is 10.5 Å². The van der Waals surface area contributed by atoms with E-state index in [0.717, 1.165) is 23.3 Å². The third-order valence-electron chi connectivity index (χ3n) is 5.94. The van der Waals surface area contributed by atoms with Crippen molar-refractivity contribution in [3.8, 4) is 6.07 Å². The summed E-state index contributed by atoms with van der Waals surface area (Å²) in [7, 11) is 1.64. The first-order valence-electron chi connectivity index (χ1n) is 10.2. The van der Waals surface area contributed by atoms with Crippen molar-refractivity contribution in [2.24, 2.45) is 11.1 Å². The van der Waals surface area contributed by atoms with Gasteiger partial charge < -0.3 is 15.4 Å². The van der Waals surface area contributed by atoms with Crippen LogP contribution in [0.3, 0.4) is 0 Å². The second kappa shape index (κ2) is 8.04. The van der Waals surface area contributed by atoms with Gasteiger partial charge in [0.25, 0.3) is 0 Å². The molecule has 0 fully saturated rings. The number of carbonyl (C=O) groups excluding carboxylic acids is 1. The highest BCUT2D eigenvalue weighted by Gasteiger charge is 2.44. The molecular weight excluding hydrogens is 362 g/mol. The highest BCUT2D eigenvalue weighted by atomic mass is 16.5. The highest BCUT2D eigenvalue weighted by molar-refractivity contribution is 6.00. The number of nitrogens with zero attached hydrogens (tertiary/aromatic N) is 2. The molecule has 29 heavy (non-hydrogen) atoms. The molecule has 0 saturated heterocycles. The van der Waals surface area contributed by atoms with Crippen LogP contribution in [0.15, 0.2) is 46.9 Å². The molecule has 5 nitrogen and oxygen atoms in total. The Morgan fingerprint density at radius 2 is 1.93 bits per heavy atom. The van der Waals surface area contributed by atoms with E-state index >= 15 is 0 Å². The van der Waals surface area contributed by atoms with Crippen molar-refractivity contribution in [2.45, 2.75) is 52.4 Å². The molecule has 1 aromatic carbocycles. The fraction of sp³-hybridized carbons (Fsp3) is 0.500. The quantitative estimate of drug-likeness (QED) is 0.811. The van der Waals surface area contributed by atoms with Gasteiger partial charge in [-0.1, -0.05) is 52.0 Å². The van der Waals surface area contributed by atoms with Gasteiger partial charge in [-0.3, -0.25) is 4.79 Å². The van der Waals surface area contributed by atoms with Gasteiger partial charge in [-0.2, -0.15) is 5.26 Å². The van der Waals surface area contributed by atoms with Crippen LogP contribution in [0.25, 0.3) is 0 Å². The van der Waals surface area contributed by atoms with Crippen LogP contribution in [0.4, 0.5) is 0 Å². The molecule has 1 aliphatic heterocycles. The summed E-state index contributed by atoms with van der Waals surface area (Å²) in [4.78, 5) is 15.2. The summed E-state index contributed by atoms with van der Waals surface area (Å²) < 4.78 is 5.26. The Kier molecular flexibility index (Phi) is 5.86. The number of nitriles is 1. The van der Waals surface area contributed by atoms with Crippen LogP contribution in [0.5, 0.6) is 0 Å². The van der Waals surface area contributed by atoms with E-state index in [0.29, 0.717) is 36.9 Å². The minimum absolute atomic E-state index is 0.108. The van der Waals surface area contributed by atoms with Crippen molar-refractivity contribution in [1.82, 2.24) is 4.90 Å². The average Bonchev–Trinajstić information content (AvgIpc) is 2.66. The van der Waals surface area contributed by atoms with Crippen LogP contribution < -0.4 is 5.73 Å². The standard InChI is InChI=1S/C24H31N3O2/c1-15(2)16-6-8-17(9-7-16)21-18(14-25)23(26)27(10-11-29-5)19-12-24(3,4)13-20(28)22(19)21/h6-9,15,21H,10-13,26H2,1-5H3/t21-/m1/s1. The van der Waals surface area contributed by atoms with Crippen LogP contribution >= 0.6 is 0 Å². The summed E-state index contributed by atoms with van der Waals surface area (Å²) in [6.45, 7) is 9.50. The predicted octanol–water partition coefficient (Wildman–Crippen LogP) is 4.19. The summed E-state index contributed by atoms with van der Waals surface area (Å²) >= 11 is 0. The summed E-state index contributed by atoms with van der Waals surface area (Å²) in [6.07, 6.45) is 1.22. The average molecular weight is 394 g/mol. The largest absolute Gasteiger partial charge is 0.384 e. The minimum atomic E-state index is -0.404. The Morgan fingerprint density at radius 3 is 2.48 bits per heavy atom. The molecule has 2 aliphatic rings. The van der Waals surface area contributed by atoms with Crippen molar-refractivity contribution >= 4 is 5.78 Å². The number of ketones is 1. The number of Topliss-reactive ketones (excluding diaryl/α,β-unsaturated/α-hetero) is 1. The molecule has 154 valence electrons. The maximum atomic E-state index is 13.3. The lowest BCUT2D eigenvalue weighted by Crippen LogP contribution is -2.43. The maximum absolute atomic E-state index is 13.3. The van der Waals surface area contributed by atoms with Crippen molar-refractivity contribution < 1.29 is 9.53 Å². The van der Waals surface area contributed by atoms with Gasteiger partial charge in [-0.25, -0.2) is 0 Å². The Labute approximate surface area is 173 Å². The number of nitrogens with two attached hydrogens (primary N) is 1. The molecule has 0 saturated carbocycles. The number of hydrogen-bond donors (Lipinski definition) is 1. The lowest BCUT2D eigenvalue weighted by Gasteiger charge is -2.43. The van der Waals surface area contributed by atoms with Crippen LogP contribution in [-0.4, -0.2) is 30.9 Å². The molecule has 0 unspecified atom stereocenters. The molecule has 0 bridgehead atoms. The molecule has 2 N–H and O–H groups in total. The molecule has 1 aromatic rings. The molecule has 0 spiro atoms. The zero-order chi connectivity index (χ0) is 21.3. The Bertz CT molecular complexity index is 901. The number of ether oxygens (including phenoxy) is 1. The van der Waals surface area contributed by atoms with Gasteiger partial charge in [0.2, 0.25) is 0 Å². The number of carbonyl (C=O) groups is 1. The van der Waals surface area contributed by atoms with Crippen LogP contribution in [0, 0.1) is 16.7 Å². The summed E-state index contributed by atoms with van der Waals surface area (Å²) in [5.74, 6) is 0.560. The minimum Gasteiger partial charge on any atom is -0.384 e. The van der Waals surface area contributed by atoms with E-state index in [9.17, 15) is 10.1 Å². The van der Waals surface area contributed by atoms with Crippen molar-refractivity contribution in [2.75, 3.05) is 20.3 Å². The SMILES string of the molecule is COCCN1C(N)=C(C#N)[C@@H](c2ccc(C(C)C)cc2)C2=C1CC(C)(C)CC2=O. The smallest absolute Gasteiger partial charge is 0.162 e. The molecule has 5 heteroatoms. The van der Waals surface area contributed by atoms with Gasteiger partial charge in [0.1, 0.15) is 5.82 Å². The lowest BCUT2D eigenvalue weighted by molar-refractivity contribution is -0.118.